The first-order valence-electron chi connectivity index (χ1n) is 8.23. The quantitative estimate of drug-likeness (QED) is 0.755. The van der Waals surface area contributed by atoms with E-state index in [1.807, 2.05) is 0 Å². The lowest BCUT2D eigenvalue weighted by Gasteiger charge is -2.35. The van der Waals surface area contributed by atoms with Crippen molar-refractivity contribution in [2.24, 2.45) is 5.92 Å². The van der Waals surface area contributed by atoms with Gasteiger partial charge in [0, 0.05) is 12.1 Å². The second-order valence-electron chi connectivity index (χ2n) is 6.27. The number of benzene rings is 1. The lowest BCUT2D eigenvalue weighted by molar-refractivity contribution is -0.148. The van der Waals surface area contributed by atoms with Crippen LogP contribution >= 0.6 is 0 Å². The Balaban J connectivity index is 1.93. The van der Waals surface area contributed by atoms with Crippen LogP contribution in [0.15, 0.2) is 18.2 Å². The molecule has 1 saturated carbocycles. The second kappa shape index (κ2) is 8.20. The molecule has 138 valence electrons. The summed E-state index contributed by atoms with van der Waals surface area (Å²) in [6.45, 7) is 0.133. The maximum Gasteiger partial charge on any atom is 0.308 e. The molecule has 1 amide bonds. The number of carbonyl (C=O) groups is 2. The van der Waals surface area contributed by atoms with Crippen molar-refractivity contribution < 1.29 is 28.9 Å². The topological polar surface area (TPSA) is 94.1 Å². The fraction of sp³-hybridized carbons (Fsp3) is 0.556. The van der Waals surface area contributed by atoms with Crippen molar-refractivity contribution in [3.8, 4) is 11.5 Å². The van der Waals surface area contributed by atoms with E-state index < -0.39 is 5.60 Å². The Morgan fingerprint density at radius 3 is 2.36 bits per heavy atom. The van der Waals surface area contributed by atoms with Crippen LogP contribution in [0.3, 0.4) is 0 Å². The molecule has 0 atom stereocenters. The first-order chi connectivity index (χ1) is 11.9. The summed E-state index contributed by atoms with van der Waals surface area (Å²) in [5, 5.41) is 13.4. The minimum Gasteiger partial charge on any atom is -0.493 e. The van der Waals surface area contributed by atoms with Crippen molar-refractivity contribution in [1.29, 1.82) is 0 Å². The van der Waals surface area contributed by atoms with Gasteiger partial charge >= 0.3 is 5.97 Å². The lowest BCUT2D eigenvalue weighted by atomic mass is 9.78. The van der Waals surface area contributed by atoms with Crippen molar-refractivity contribution >= 4 is 11.9 Å². The SMILES string of the molecule is COC(=O)C1CCC(O)(CNC(=O)c2ccc(OC)c(OC)c2)CC1. The summed E-state index contributed by atoms with van der Waals surface area (Å²) in [6.07, 6.45) is 1.99. The molecule has 1 fully saturated rings. The van der Waals surface area contributed by atoms with E-state index in [1.165, 1.54) is 21.3 Å². The summed E-state index contributed by atoms with van der Waals surface area (Å²) in [5.41, 5.74) is -0.582. The number of hydrogen-bond donors (Lipinski definition) is 2. The van der Waals surface area contributed by atoms with Gasteiger partial charge in [0.2, 0.25) is 0 Å². The van der Waals surface area contributed by atoms with Crippen LogP contribution in [0.2, 0.25) is 0 Å². The van der Waals surface area contributed by atoms with Crippen LogP contribution in [0.25, 0.3) is 0 Å². The summed E-state index contributed by atoms with van der Waals surface area (Å²) in [4.78, 5) is 23.9. The summed E-state index contributed by atoms with van der Waals surface area (Å²) >= 11 is 0. The minimum absolute atomic E-state index is 0.133. The van der Waals surface area contributed by atoms with Crippen LogP contribution in [0.1, 0.15) is 36.0 Å². The third kappa shape index (κ3) is 4.63. The van der Waals surface area contributed by atoms with Crippen LogP contribution in [-0.4, -0.2) is 50.5 Å². The average molecular weight is 351 g/mol. The van der Waals surface area contributed by atoms with Crippen LogP contribution < -0.4 is 14.8 Å². The van der Waals surface area contributed by atoms with Gasteiger partial charge in [-0.05, 0) is 43.9 Å². The molecule has 0 unspecified atom stereocenters. The molecular formula is C18H25NO6. The highest BCUT2D eigenvalue weighted by molar-refractivity contribution is 5.94. The Morgan fingerprint density at radius 1 is 1.16 bits per heavy atom. The standard InChI is InChI=1S/C18H25NO6/c1-23-14-5-4-13(10-15(14)24-2)16(20)19-11-18(22)8-6-12(7-9-18)17(21)25-3/h4-5,10,12,22H,6-9,11H2,1-3H3,(H,19,20). The van der Waals surface area contributed by atoms with Gasteiger partial charge in [0.25, 0.3) is 5.91 Å². The van der Waals surface area contributed by atoms with Gasteiger partial charge < -0.3 is 24.6 Å². The van der Waals surface area contributed by atoms with E-state index in [0.717, 1.165) is 0 Å². The summed E-state index contributed by atoms with van der Waals surface area (Å²) in [6, 6.07) is 4.88. The summed E-state index contributed by atoms with van der Waals surface area (Å²) in [5.74, 6) is 0.291. The van der Waals surface area contributed by atoms with Crippen LogP contribution in [0.5, 0.6) is 11.5 Å². The normalized spacial score (nSPS) is 22.8. The largest absolute Gasteiger partial charge is 0.493 e. The molecule has 0 aromatic heterocycles. The van der Waals surface area contributed by atoms with E-state index in [0.29, 0.717) is 42.7 Å². The molecular weight excluding hydrogens is 326 g/mol. The summed E-state index contributed by atoms with van der Waals surface area (Å²) < 4.78 is 15.1. The number of amides is 1. The fourth-order valence-electron chi connectivity index (χ4n) is 3.06. The molecule has 0 saturated heterocycles. The Labute approximate surface area is 147 Å². The molecule has 0 heterocycles. The molecule has 0 spiro atoms. The minimum atomic E-state index is -1.00. The number of aliphatic hydroxyl groups is 1. The molecule has 0 bridgehead atoms. The van der Waals surface area contributed by atoms with Crippen LogP contribution in [0, 0.1) is 5.92 Å². The Hall–Kier alpha value is -2.28. The van der Waals surface area contributed by atoms with Crippen molar-refractivity contribution in [3.05, 3.63) is 23.8 Å². The Morgan fingerprint density at radius 2 is 1.80 bits per heavy atom. The highest BCUT2D eigenvalue weighted by atomic mass is 16.5. The molecule has 1 aromatic rings. The highest BCUT2D eigenvalue weighted by Crippen LogP contribution is 2.32. The zero-order valence-electron chi connectivity index (χ0n) is 14.8. The van der Waals surface area contributed by atoms with Crippen molar-refractivity contribution in [3.63, 3.8) is 0 Å². The smallest absolute Gasteiger partial charge is 0.308 e. The van der Waals surface area contributed by atoms with Gasteiger partial charge in [-0.15, -0.1) is 0 Å². The first kappa shape index (κ1) is 19.1. The van der Waals surface area contributed by atoms with E-state index in [1.54, 1.807) is 18.2 Å². The van der Waals surface area contributed by atoms with E-state index in [9.17, 15) is 14.7 Å². The summed E-state index contributed by atoms with van der Waals surface area (Å²) in [7, 11) is 4.40. The molecule has 2 N–H and O–H groups in total. The highest BCUT2D eigenvalue weighted by Gasteiger charge is 2.36. The molecule has 0 aliphatic heterocycles. The number of rotatable bonds is 6. The third-order valence-corrected chi connectivity index (χ3v) is 4.67. The van der Waals surface area contributed by atoms with E-state index in [4.69, 9.17) is 14.2 Å². The van der Waals surface area contributed by atoms with Crippen molar-refractivity contribution in [2.75, 3.05) is 27.9 Å². The average Bonchev–Trinajstić information content (AvgIpc) is 2.65. The molecule has 1 aliphatic carbocycles. The number of nitrogens with one attached hydrogen (secondary N) is 1. The number of ether oxygens (including phenoxy) is 3. The second-order valence-corrected chi connectivity index (χ2v) is 6.27. The lowest BCUT2D eigenvalue weighted by Crippen LogP contribution is -2.46. The van der Waals surface area contributed by atoms with Gasteiger partial charge in [0.1, 0.15) is 0 Å². The number of carbonyl (C=O) groups excluding carboxylic acids is 2. The van der Waals surface area contributed by atoms with Gasteiger partial charge in [-0.2, -0.15) is 0 Å². The van der Waals surface area contributed by atoms with Gasteiger partial charge in [-0.3, -0.25) is 9.59 Å². The van der Waals surface area contributed by atoms with Crippen molar-refractivity contribution in [1.82, 2.24) is 5.32 Å². The van der Waals surface area contributed by atoms with Gasteiger partial charge in [0.05, 0.1) is 32.8 Å². The molecule has 2 rings (SSSR count). The predicted octanol–water partition coefficient (Wildman–Crippen LogP) is 1.53. The molecule has 7 nitrogen and oxygen atoms in total. The maximum atomic E-state index is 12.3. The Bertz CT molecular complexity index is 622. The molecule has 1 aromatic carbocycles. The van der Waals surface area contributed by atoms with Gasteiger partial charge in [-0.25, -0.2) is 0 Å². The number of methoxy groups -OCH3 is 3. The Kier molecular flexibility index (Phi) is 6.25. The number of hydrogen-bond acceptors (Lipinski definition) is 6. The molecule has 25 heavy (non-hydrogen) atoms. The zero-order chi connectivity index (χ0) is 18.4. The molecule has 7 heteroatoms. The molecule has 1 aliphatic rings. The predicted molar refractivity (Wildman–Crippen MR) is 90.8 cm³/mol. The maximum absolute atomic E-state index is 12.3. The first-order valence-corrected chi connectivity index (χ1v) is 8.23. The third-order valence-electron chi connectivity index (χ3n) is 4.67. The fourth-order valence-corrected chi connectivity index (χ4v) is 3.06. The zero-order valence-corrected chi connectivity index (χ0v) is 14.8. The van der Waals surface area contributed by atoms with E-state index >= 15 is 0 Å². The monoisotopic (exact) mass is 351 g/mol. The molecule has 0 radical (unpaired) electrons. The van der Waals surface area contributed by atoms with E-state index in [-0.39, 0.29) is 24.3 Å². The van der Waals surface area contributed by atoms with Gasteiger partial charge in [-0.1, -0.05) is 0 Å². The van der Waals surface area contributed by atoms with Crippen molar-refractivity contribution in [2.45, 2.75) is 31.3 Å². The van der Waals surface area contributed by atoms with Crippen LogP contribution in [-0.2, 0) is 9.53 Å². The van der Waals surface area contributed by atoms with E-state index in [2.05, 4.69) is 5.32 Å². The number of esters is 1. The van der Waals surface area contributed by atoms with Crippen LogP contribution in [0.4, 0.5) is 0 Å². The van der Waals surface area contributed by atoms with Gasteiger partial charge in [0.15, 0.2) is 11.5 Å².